The molecule has 0 bridgehead atoms. The molecular formula is C14H17NO4. The average Bonchev–Trinajstić information content (AvgIpc) is 2.39. The smallest absolute Gasteiger partial charge is 0.308 e. The second-order valence-electron chi connectivity index (χ2n) is 4.90. The molecule has 1 aromatic carbocycles. The molecule has 1 aliphatic heterocycles. The summed E-state index contributed by atoms with van der Waals surface area (Å²) in [7, 11) is 0. The monoisotopic (exact) mass is 263 g/mol. The number of likely N-dealkylation sites (tertiary alicyclic amines) is 1. The molecule has 1 aromatic rings. The summed E-state index contributed by atoms with van der Waals surface area (Å²) >= 11 is 0. The number of hydrogen-bond donors (Lipinski definition) is 2. The molecule has 0 amide bonds. The zero-order valence-electron chi connectivity index (χ0n) is 10.5. The number of piperidine rings is 1. The molecule has 0 radical (unpaired) electrons. The number of carboxylic acids is 2. The molecule has 2 unspecified atom stereocenters. The van der Waals surface area contributed by atoms with Gasteiger partial charge in [0.25, 0.3) is 0 Å². The van der Waals surface area contributed by atoms with Crippen molar-refractivity contribution in [3.05, 3.63) is 35.9 Å². The van der Waals surface area contributed by atoms with Crippen LogP contribution in [0, 0.1) is 11.8 Å². The van der Waals surface area contributed by atoms with E-state index in [9.17, 15) is 9.59 Å². The molecule has 2 rings (SSSR count). The van der Waals surface area contributed by atoms with Gasteiger partial charge in [0.2, 0.25) is 0 Å². The van der Waals surface area contributed by atoms with Crippen LogP contribution in [-0.2, 0) is 16.1 Å². The van der Waals surface area contributed by atoms with Crippen LogP contribution >= 0.6 is 0 Å². The van der Waals surface area contributed by atoms with Crippen LogP contribution in [0.2, 0.25) is 0 Å². The molecule has 1 heterocycles. The van der Waals surface area contributed by atoms with Crippen LogP contribution in [0.5, 0.6) is 0 Å². The summed E-state index contributed by atoms with van der Waals surface area (Å²) in [6.07, 6.45) is 0.388. The summed E-state index contributed by atoms with van der Waals surface area (Å²) in [6, 6.07) is 9.78. The summed E-state index contributed by atoms with van der Waals surface area (Å²) in [5.41, 5.74) is 1.11. The Kier molecular flexibility index (Phi) is 4.16. The van der Waals surface area contributed by atoms with E-state index in [4.69, 9.17) is 10.2 Å². The minimum atomic E-state index is -1.02. The van der Waals surface area contributed by atoms with Crippen LogP contribution in [0.3, 0.4) is 0 Å². The minimum Gasteiger partial charge on any atom is -0.481 e. The van der Waals surface area contributed by atoms with Gasteiger partial charge in [0.15, 0.2) is 0 Å². The minimum absolute atomic E-state index is 0.293. The van der Waals surface area contributed by atoms with E-state index in [2.05, 4.69) is 0 Å². The van der Waals surface area contributed by atoms with Crippen molar-refractivity contribution in [1.82, 2.24) is 4.90 Å². The average molecular weight is 263 g/mol. The lowest BCUT2D eigenvalue weighted by molar-refractivity contribution is -0.157. The number of carbonyl (C=O) groups is 2. The van der Waals surface area contributed by atoms with Crippen LogP contribution in [0.15, 0.2) is 30.3 Å². The Morgan fingerprint density at radius 3 is 2.32 bits per heavy atom. The van der Waals surface area contributed by atoms with Crippen molar-refractivity contribution in [1.29, 1.82) is 0 Å². The van der Waals surface area contributed by atoms with Gasteiger partial charge in [-0.05, 0) is 18.5 Å². The van der Waals surface area contributed by atoms with Gasteiger partial charge in [-0.3, -0.25) is 14.5 Å². The highest BCUT2D eigenvalue weighted by molar-refractivity contribution is 5.80. The quantitative estimate of drug-likeness (QED) is 0.856. The van der Waals surface area contributed by atoms with Crippen molar-refractivity contribution < 1.29 is 19.8 Å². The summed E-state index contributed by atoms with van der Waals surface area (Å²) in [4.78, 5) is 24.2. The van der Waals surface area contributed by atoms with Crippen molar-refractivity contribution in [2.45, 2.75) is 13.0 Å². The second kappa shape index (κ2) is 5.84. The van der Waals surface area contributed by atoms with Crippen molar-refractivity contribution in [3.8, 4) is 0 Å². The molecule has 0 spiro atoms. The summed E-state index contributed by atoms with van der Waals surface area (Å²) in [5, 5.41) is 18.2. The number of rotatable bonds is 4. The molecular weight excluding hydrogens is 246 g/mol. The van der Waals surface area contributed by atoms with Gasteiger partial charge in [-0.2, -0.15) is 0 Å². The Bertz CT molecular complexity index is 460. The molecule has 0 aliphatic carbocycles. The fourth-order valence-electron chi connectivity index (χ4n) is 2.55. The Hall–Kier alpha value is -1.88. The second-order valence-corrected chi connectivity index (χ2v) is 4.90. The van der Waals surface area contributed by atoms with E-state index in [-0.39, 0.29) is 0 Å². The standard InChI is InChI=1S/C14H17NO4/c16-13(17)11-6-7-15(9-12(11)14(18)19)8-10-4-2-1-3-5-10/h1-5,11-12H,6-9H2,(H,16,17)(H,18,19). The Balaban J connectivity index is 2.03. The lowest BCUT2D eigenvalue weighted by atomic mass is 9.85. The summed E-state index contributed by atoms with van der Waals surface area (Å²) < 4.78 is 0. The molecule has 5 nitrogen and oxygen atoms in total. The Morgan fingerprint density at radius 2 is 1.74 bits per heavy atom. The molecule has 1 aliphatic rings. The first-order valence-electron chi connectivity index (χ1n) is 6.30. The van der Waals surface area contributed by atoms with Crippen LogP contribution in [-0.4, -0.2) is 40.1 Å². The molecule has 2 atom stereocenters. The first-order chi connectivity index (χ1) is 9.08. The highest BCUT2D eigenvalue weighted by Gasteiger charge is 2.38. The van der Waals surface area contributed by atoms with E-state index in [1.165, 1.54) is 0 Å². The largest absolute Gasteiger partial charge is 0.481 e. The van der Waals surface area contributed by atoms with E-state index < -0.39 is 23.8 Å². The third-order valence-electron chi connectivity index (χ3n) is 3.58. The first-order valence-corrected chi connectivity index (χ1v) is 6.30. The van der Waals surface area contributed by atoms with E-state index in [1.54, 1.807) is 0 Å². The number of carboxylic acid groups (broad SMARTS) is 2. The van der Waals surface area contributed by atoms with Crippen LogP contribution in [0.4, 0.5) is 0 Å². The molecule has 1 saturated heterocycles. The highest BCUT2D eigenvalue weighted by Crippen LogP contribution is 2.25. The van der Waals surface area contributed by atoms with Gasteiger partial charge in [-0.25, -0.2) is 0 Å². The maximum absolute atomic E-state index is 11.2. The zero-order valence-corrected chi connectivity index (χ0v) is 10.5. The molecule has 102 valence electrons. The van der Waals surface area contributed by atoms with Gasteiger partial charge in [0.1, 0.15) is 0 Å². The Labute approximate surface area is 111 Å². The maximum Gasteiger partial charge on any atom is 0.308 e. The fraction of sp³-hybridized carbons (Fsp3) is 0.429. The lowest BCUT2D eigenvalue weighted by Crippen LogP contribution is -2.46. The fourth-order valence-corrected chi connectivity index (χ4v) is 2.55. The highest BCUT2D eigenvalue weighted by atomic mass is 16.4. The topological polar surface area (TPSA) is 77.8 Å². The molecule has 0 saturated carbocycles. The SMILES string of the molecule is O=C(O)C1CCN(Cc2ccccc2)CC1C(=O)O. The predicted octanol–water partition coefficient (Wildman–Crippen LogP) is 1.29. The van der Waals surface area contributed by atoms with Crippen molar-refractivity contribution in [2.24, 2.45) is 11.8 Å². The molecule has 2 N–H and O–H groups in total. The third kappa shape index (κ3) is 3.32. The van der Waals surface area contributed by atoms with Gasteiger partial charge in [0.05, 0.1) is 11.8 Å². The van der Waals surface area contributed by atoms with E-state index in [0.29, 0.717) is 26.1 Å². The van der Waals surface area contributed by atoms with Crippen molar-refractivity contribution >= 4 is 11.9 Å². The van der Waals surface area contributed by atoms with Gasteiger partial charge in [-0.15, -0.1) is 0 Å². The van der Waals surface area contributed by atoms with Gasteiger partial charge in [-0.1, -0.05) is 30.3 Å². The van der Waals surface area contributed by atoms with E-state index >= 15 is 0 Å². The van der Waals surface area contributed by atoms with Crippen molar-refractivity contribution in [3.63, 3.8) is 0 Å². The third-order valence-corrected chi connectivity index (χ3v) is 3.58. The Morgan fingerprint density at radius 1 is 1.11 bits per heavy atom. The summed E-state index contributed by atoms with van der Waals surface area (Å²) in [5.74, 6) is -3.63. The summed E-state index contributed by atoms with van der Waals surface area (Å²) in [6.45, 7) is 1.58. The molecule has 5 heteroatoms. The zero-order chi connectivity index (χ0) is 13.8. The lowest BCUT2D eigenvalue weighted by Gasteiger charge is -2.34. The van der Waals surface area contributed by atoms with Crippen LogP contribution < -0.4 is 0 Å². The van der Waals surface area contributed by atoms with Gasteiger partial charge < -0.3 is 10.2 Å². The van der Waals surface area contributed by atoms with Gasteiger partial charge in [0, 0.05) is 13.1 Å². The molecule has 0 aromatic heterocycles. The predicted molar refractivity (Wildman–Crippen MR) is 68.6 cm³/mol. The van der Waals surface area contributed by atoms with E-state index in [0.717, 1.165) is 5.56 Å². The maximum atomic E-state index is 11.2. The first kappa shape index (κ1) is 13.5. The van der Waals surface area contributed by atoms with Crippen LogP contribution in [0.1, 0.15) is 12.0 Å². The van der Waals surface area contributed by atoms with Gasteiger partial charge >= 0.3 is 11.9 Å². The number of aliphatic carboxylic acids is 2. The van der Waals surface area contributed by atoms with Crippen molar-refractivity contribution in [2.75, 3.05) is 13.1 Å². The molecule has 19 heavy (non-hydrogen) atoms. The number of benzene rings is 1. The number of hydrogen-bond acceptors (Lipinski definition) is 3. The van der Waals surface area contributed by atoms with Crippen LogP contribution in [0.25, 0.3) is 0 Å². The normalized spacial score (nSPS) is 24.0. The van der Waals surface area contributed by atoms with E-state index in [1.807, 2.05) is 35.2 Å². The number of nitrogens with zero attached hydrogens (tertiary/aromatic N) is 1. The molecule has 1 fully saturated rings.